The molecule has 0 aromatic carbocycles. The molecule has 3 rings (SSSR count). The summed E-state index contributed by atoms with van der Waals surface area (Å²) in [5.41, 5.74) is 0.425. The highest BCUT2D eigenvalue weighted by molar-refractivity contribution is 5.80. The van der Waals surface area contributed by atoms with E-state index in [0.717, 1.165) is 71.2 Å². The van der Waals surface area contributed by atoms with Gasteiger partial charge in [-0.05, 0) is 37.5 Å². The van der Waals surface area contributed by atoms with Gasteiger partial charge in [-0.1, -0.05) is 26.7 Å². The van der Waals surface area contributed by atoms with Crippen LogP contribution in [0.2, 0.25) is 0 Å². The van der Waals surface area contributed by atoms with Crippen LogP contribution in [-0.4, -0.2) is 86.0 Å². The van der Waals surface area contributed by atoms with Gasteiger partial charge in [0.25, 0.3) is 0 Å². The van der Waals surface area contributed by atoms with Crippen molar-refractivity contribution in [1.29, 1.82) is 0 Å². The Labute approximate surface area is 171 Å². The lowest BCUT2D eigenvalue weighted by molar-refractivity contribution is -0.139. The number of piperazine rings is 1. The second kappa shape index (κ2) is 9.95. The fraction of sp³-hybridized carbons (Fsp3) is 0.909. The Morgan fingerprint density at radius 3 is 2.46 bits per heavy atom. The van der Waals surface area contributed by atoms with E-state index < -0.39 is 0 Å². The molecule has 160 valence electrons. The topological polar surface area (TPSA) is 51.2 Å². The van der Waals surface area contributed by atoms with Gasteiger partial charge in [0.1, 0.15) is 0 Å². The largest absolute Gasteiger partial charge is 0.355 e. The molecule has 3 aliphatic rings. The minimum atomic E-state index is 0.333. The van der Waals surface area contributed by atoms with Crippen LogP contribution >= 0.6 is 0 Å². The van der Waals surface area contributed by atoms with Crippen molar-refractivity contribution < 1.29 is 4.79 Å². The normalized spacial score (nSPS) is 27.6. The Morgan fingerprint density at radius 2 is 1.86 bits per heavy atom. The van der Waals surface area contributed by atoms with Crippen LogP contribution in [0.4, 0.5) is 0 Å². The van der Waals surface area contributed by atoms with Crippen molar-refractivity contribution in [2.24, 2.45) is 16.3 Å². The average molecular weight is 392 g/mol. The highest BCUT2D eigenvalue weighted by Crippen LogP contribution is 2.34. The van der Waals surface area contributed by atoms with Gasteiger partial charge >= 0.3 is 0 Å². The number of carbonyl (C=O) groups excluding carboxylic acids is 1. The zero-order valence-corrected chi connectivity index (χ0v) is 18.4. The maximum absolute atomic E-state index is 12.4. The lowest BCUT2D eigenvalue weighted by Crippen LogP contribution is -2.53. The van der Waals surface area contributed by atoms with Gasteiger partial charge in [-0.15, -0.1) is 0 Å². The van der Waals surface area contributed by atoms with E-state index in [4.69, 9.17) is 0 Å². The number of carbonyl (C=O) groups is 1. The molecule has 0 spiro atoms. The minimum Gasteiger partial charge on any atom is -0.355 e. The quantitative estimate of drug-likeness (QED) is 0.558. The summed E-state index contributed by atoms with van der Waals surface area (Å²) >= 11 is 0. The third-order valence-electron chi connectivity index (χ3n) is 7.00. The summed E-state index contributed by atoms with van der Waals surface area (Å²) in [5, 5.41) is 3.59. The van der Waals surface area contributed by atoms with Gasteiger partial charge in [0.15, 0.2) is 5.96 Å². The van der Waals surface area contributed by atoms with Gasteiger partial charge in [-0.2, -0.15) is 0 Å². The summed E-state index contributed by atoms with van der Waals surface area (Å²) in [6.07, 6.45) is 8.59. The molecule has 1 aliphatic carbocycles. The van der Waals surface area contributed by atoms with Gasteiger partial charge < -0.3 is 15.1 Å². The van der Waals surface area contributed by atoms with Crippen LogP contribution in [0.15, 0.2) is 4.99 Å². The van der Waals surface area contributed by atoms with Crippen LogP contribution in [0, 0.1) is 11.3 Å². The lowest BCUT2D eigenvalue weighted by atomic mass is 9.78. The SMILES string of the molecule is CCCC1(C)CCCN(C(=NC)NCCN2CCN(C(=O)C3CCC3)CC2)C1. The Kier molecular flexibility index (Phi) is 7.61. The number of piperidine rings is 1. The third-order valence-corrected chi connectivity index (χ3v) is 7.00. The molecular weight excluding hydrogens is 350 g/mol. The van der Waals surface area contributed by atoms with Crippen molar-refractivity contribution in [2.75, 3.05) is 59.4 Å². The van der Waals surface area contributed by atoms with Crippen molar-refractivity contribution in [1.82, 2.24) is 20.0 Å². The van der Waals surface area contributed by atoms with Gasteiger partial charge in [0.2, 0.25) is 5.91 Å². The Bertz CT molecular complexity index is 535. The standard InChI is InChI=1S/C22H41N5O/c1-4-9-22(2)10-6-12-27(18-22)21(23-3)24-11-13-25-14-16-26(17-15-25)20(28)19-7-5-8-19/h19H,4-18H2,1-3H3,(H,23,24). The highest BCUT2D eigenvalue weighted by Gasteiger charge is 2.32. The second-order valence-electron chi connectivity index (χ2n) is 9.35. The molecule has 0 radical (unpaired) electrons. The molecule has 1 saturated carbocycles. The zero-order chi connectivity index (χ0) is 20.0. The van der Waals surface area contributed by atoms with Gasteiger partial charge in [0, 0.05) is 65.3 Å². The number of nitrogens with zero attached hydrogens (tertiary/aromatic N) is 4. The van der Waals surface area contributed by atoms with E-state index in [2.05, 4.69) is 38.9 Å². The van der Waals surface area contributed by atoms with E-state index in [0.29, 0.717) is 17.2 Å². The summed E-state index contributed by atoms with van der Waals surface area (Å²) in [6, 6.07) is 0. The van der Waals surface area contributed by atoms with Crippen LogP contribution in [0.25, 0.3) is 0 Å². The van der Waals surface area contributed by atoms with Crippen molar-refractivity contribution >= 4 is 11.9 Å². The minimum absolute atomic E-state index is 0.333. The molecule has 1 unspecified atom stereocenters. The van der Waals surface area contributed by atoms with Crippen LogP contribution < -0.4 is 5.32 Å². The first-order chi connectivity index (χ1) is 13.5. The monoisotopic (exact) mass is 391 g/mol. The molecule has 0 bridgehead atoms. The van der Waals surface area contributed by atoms with E-state index in [1.807, 2.05) is 7.05 Å². The number of hydrogen-bond acceptors (Lipinski definition) is 3. The van der Waals surface area contributed by atoms with Crippen LogP contribution in [0.1, 0.15) is 58.8 Å². The van der Waals surface area contributed by atoms with E-state index in [1.54, 1.807) is 0 Å². The van der Waals surface area contributed by atoms with Crippen LogP contribution in [0.3, 0.4) is 0 Å². The van der Waals surface area contributed by atoms with Crippen molar-refractivity contribution in [3.05, 3.63) is 0 Å². The van der Waals surface area contributed by atoms with Gasteiger partial charge in [0.05, 0.1) is 0 Å². The second-order valence-corrected chi connectivity index (χ2v) is 9.35. The van der Waals surface area contributed by atoms with E-state index in [1.165, 1.54) is 32.1 Å². The molecule has 2 saturated heterocycles. The summed E-state index contributed by atoms with van der Waals surface area (Å²) in [4.78, 5) is 23.9. The molecule has 0 aromatic rings. The molecule has 6 heteroatoms. The first-order valence-electron chi connectivity index (χ1n) is 11.5. The maximum Gasteiger partial charge on any atom is 0.225 e. The zero-order valence-electron chi connectivity index (χ0n) is 18.4. The molecule has 1 atom stereocenters. The molecule has 28 heavy (non-hydrogen) atoms. The molecular formula is C22H41N5O. The van der Waals surface area contributed by atoms with E-state index in [9.17, 15) is 4.79 Å². The number of likely N-dealkylation sites (tertiary alicyclic amines) is 1. The summed E-state index contributed by atoms with van der Waals surface area (Å²) < 4.78 is 0. The van der Waals surface area contributed by atoms with E-state index in [-0.39, 0.29) is 0 Å². The fourth-order valence-corrected chi connectivity index (χ4v) is 5.07. The third kappa shape index (κ3) is 5.40. The Balaban J connectivity index is 1.37. The predicted molar refractivity (Wildman–Crippen MR) is 116 cm³/mol. The van der Waals surface area contributed by atoms with E-state index >= 15 is 0 Å². The molecule has 6 nitrogen and oxygen atoms in total. The summed E-state index contributed by atoms with van der Waals surface area (Å²) in [5.74, 6) is 1.80. The Hall–Kier alpha value is -1.30. The first kappa shape index (κ1) is 21.4. The summed E-state index contributed by atoms with van der Waals surface area (Å²) in [7, 11) is 1.90. The molecule has 0 aromatic heterocycles. The number of guanidine groups is 1. The Morgan fingerprint density at radius 1 is 1.11 bits per heavy atom. The molecule has 1 N–H and O–H groups in total. The number of hydrogen-bond donors (Lipinski definition) is 1. The van der Waals surface area contributed by atoms with Gasteiger partial charge in [-0.3, -0.25) is 14.7 Å². The maximum atomic E-state index is 12.4. The molecule has 2 aliphatic heterocycles. The molecule has 2 heterocycles. The molecule has 3 fully saturated rings. The van der Waals surface area contributed by atoms with Gasteiger partial charge in [-0.25, -0.2) is 0 Å². The number of amides is 1. The number of aliphatic imine (C=N–C) groups is 1. The first-order valence-corrected chi connectivity index (χ1v) is 11.5. The smallest absolute Gasteiger partial charge is 0.225 e. The lowest BCUT2D eigenvalue weighted by Gasteiger charge is -2.42. The fourth-order valence-electron chi connectivity index (χ4n) is 5.07. The van der Waals surface area contributed by atoms with Crippen molar-refractivity contribution in [3.8, 4) is 0 Å². The molecule has 1 amide bonds. The summed E-state index contributed by atoms with van der Waals surface area (Å²) in [6.45, 7) is 12.7. The van der Waals surface area contributed by atoms with Crippen LogP contribution in [0.5, 0.6) is 0 Å². The number of nitrogens with one attached hydrogen (secondary N) is 1. The van der Waals surface area contributed by atoms with Crippen molar-refractivity contribution in [3.63, 3.8) is 0 Å². The highest BCUT2D eigenvalue weighted by atomic mass is 16.2. The number of rotatable bonds is 6. The van der Waals surface area contributed by atoms with Crippen molar-refractivity contribution in [2.45, 2.75) is 58.8 Å². The average Bonchev–Trinajstić information content (AvgIpc) is 2.64. The van der Waals surface area contributed by atoms with Crippen LogP contribution in [-0.2, 0) is 4.79 Å². The predicted octanol–water partition coefficient (Wildman–Crippen LogP) is 2.41.